The van der Waals surface area contributed by atoms with Crippen LogP contribution in [0.15, 0.2) is 0 Å². The SMILES string of the molecule is CSC(C)(C)CN1CCNCC1C. The van der Waals surface area contributed by atoms with Gasteiger partial charge in [-0.15, -0.1) is 0 Å². The van der Waals surface area contributed by atoms with Gasteiger partial charge in [-0.3, -0.25) is 4.90 Å². The molecule has 0 radical (unpaired) electrons. The first kappa shape index (κ1) is 11.3. The summed E-state index contributed by atoms with van der Waals surface area (Å²) >= 11 is 1.96. The molecule has 2 nitrogen and oxygen atoms in total. The molecule has 1 atom stereocenters. The van der Waals surface area contributed by atoms with E-state index in [2.05, 4.69) is 37.2 Å². The van der Waals surface area contributed by atoms with E-state index < -0.39 is 0 Å². The Morgan fingerprint density at radius 2 is 2.23 bits per heavy atom. The summed E-state index contributed by atoms with van der Waals surface area (Å²) < 4.78 is 0.394. The summed E-state index contributed by atoms with van der Waals surface area (Å²) in [6.07, 6.45) is 2.20. The first-order valence-corrected chi connectivity index (χ1v) is 6.27. The maximum absolute atomic E-state index is 3.42. The van der Waals surface area contributed by atoms with E-state index in [0.29, 0.717) is 10.8 Å². The van der Waals surface area contributed by atoms with E-state index in [4.69, 9.17) is 0 Å². The van der Waals surface area contributed by atoms with Crippen molar-refractivity contribution in [1.29, 1.82) is 0 Å². The Morgan fingerprint density at radius 1 is 1.54 bits per heavy atom. The second kappa shape index (κ2) is 4.67. The topological polar surface area (TPSA) is 15.3 Å². The minimum Gasteiger partial charge on any atom is -0.314 e. The van der Waals surface area contributed by atoms with Crippen LogP contribution in [0.2, 0.25) is 0 Å². The van der Waals surface area contributed by atoms with Crippen molar-refractivity contribution in [3.63, 3.8) is 0 Å². The highest BCUT2D eigenvalue weighted by Crippen LogP contribution is 2.23. The van der Waals surface area contributed by atoms with Crippen LogP contribution in [0, 0.1) is 0 Å². The second-order valence-corrected chi connectivity index (χ2v) is 6.00. The third-order valence-corrected chi connectivity index (χ3v) is 4.01. The standard InChI is InChI=1S/C10H22N2S/c1-9-7-11-5-6-12(9)8-10(2,3)13-4/h9,11H,5-8H2,1-4H3. The minimum absolute atomic E-state index is 0.394. The summed E-state index contributed by atoms with van der Waals surface area (Å²) in [4.78, 5) is 2.59. The fourth-order valence-electron chi connectivity index (χ4n) is 1.67. The van der Waals surface area contributed by atoms with Crippen molar-refractivity contribution >= 4 is 11.8 Å². The predicted octanol–water partition coefficient (Wildman–Crippen LogP) is 1.42. The van der Waals surface area contributed by atoms with E-state index in [1.54, 1.807) is 0 Å². The third-order valence-electron chi connectivity index (χ3n) is 2.78. The van der Waals surface area contributed by atoms with Gasteiger partial charge < -0.3 is 5.32 Å². The lowest BCUT2D eigenvalue weighted by Gasteiger charge is -2.38. The van der Waals surface area contributed by atoms with Gasteiger partial charge in [0.15, 0.2) is 0 Å². The van der Waals surface area contributed by atoms with Crippen LogP contribution in [0.4, 0.5) is 0 Å². The van der Waals surface area contributed by atoms with Gasteiger partial charge in [0.25, 0.3) is 0 Å². The Kier molecular flexibility index (Phi) is 4.07. The average Bonchev–Trinajstić information content (AvgIpc) is 2.09. The number of hydrogen-bond donors (Lipinski definition) is 1. The van der Waals surface area contributed by atoms with Gasteiger partial charge in [-0.05, 0) is 27.0 Å². The predicted molar refractivity (Wildman–Crippen MR) is 61.5 cm³/mol. The third kappa shape index (κ3) is 3.49. The van der Waals surface area contributed by atoms with E-state index in [1.165, 1.54) is 13.1 Å². The van der Waals surface area contributed by atoms with Crippen LogP contribution < -0.4 is 5.32 Å². The monoisotopic (exact) mass is 202 g/mol. The minimum atomic E-state index is 0.394. The van der Waals surface area contributed by atoms with E-state index in [0.717, 1.165) is 13.1 Å². The summed E-state index contributed by atoms with van der Waals surface area (Å²) in [5.41, 5.74) is 0. The molecule has 0 spiro atoms. The van der Waals surface area contributed by atoms with Crippen LogP contribution in [0.5, 0.6) is 0 Å². The van der Waals surface area contributed by atoms with Gasteiger partial charge in [0.2, 0.25) is 0 Å². The molecular formula is C10H22N2S. The molecule has 0 aromatic rings. The summed E-state index contributed by atoms with van der Waals surface area (Å²) in [5, 5.41) is 3.42. The van der Waals surface area contributed by atoms with Gasteiger partial charge in [-0.25, -0.2) is 0 Å². The molecular weight excluding hydrogens is 180 g/mol. The van der Waals surface area contributed by atoms with Gasteiger partial charge in [-0.2, -0.15) is 11.8 Å². The highest BCUT2D eigenvalue weighted by molar-refractivity contribution is 7.99. The summed E-state index contributed by atoms with van der Waals surface area (Å²) in [6, 6.07) is 0.695. The van der Waals surface area contributed by atoms with Crippen molar-refractivity contribution in [2.24, 2.45) is 0 Å². The van der Waals surface area contributed by atoms with Crippen LogP contribution in [0.25, 0.3) is 0 Å². The Labute approximate surface area is 86.5 Å². The zero-order valence-electron chi connectivity index (χ0n) is 9.26. The number of nitrogens with one attached hydrogen (secondary N) is 1. The van der Waals surface area contributed by atoms with Gasteiger partial charge in [0.05, 0.1) is 0 Å². The first-order chi connectivity index (χ1) is 6.05. The normalized spacial score (nSPS) is 26.3. The molecule has 0 aromatic carbocycles. The molecule has 1 unspecified atom stereocenters. The number of hydrogen-bond acceptors (Lipinski definition) is 3. The van der Waals surface area contributed by atoms with Gasteiger partial charge >= 0.3 is 0 Å². The number of rotatable bonds is 3. The molecule has 1 N–H and O–H groups in total. The molecule has 1 heterocycles. The quantitative estimate of drug-likeness (QED) is 0.745. The molecule has 3 heteroatoms. The van der Waals surface area contributed by atoms with Crippen molar-refractivity contribution in [3.8, 4) is 0 Å². The maximum Gasteiger partial charge on any atom is 0.0228 e. The average molecular weight is 202 g/mol. The van der Waals surface area contributed by atoms with E-state index in [1.807, 2.05) is 11.8 Å². The van der Waals surface area contributed by atoms with Crippen LogP contribution in [0.3, 0.4) is 0 Å². The first-order valence-electron chi connectivity index (χ1n) is 5.05. The summed E-state index contributed by atoms with van der Waals surface area (Å²) in [5.74, 6) is 0. The molecule has 0 aromatic heterocycles. The van der Waals surface area contributed by atoms with E-state index in [9.17, 15) is 0 Å². The second-order valence-electron chi connectivity index (χ2n) is 4.49. The maximum atomic E-state index is 3.42. The summed E-state index contributed by atoms with van der Waals surface area (Å²) in [7, 11) is 0. The van der Waals surface area contributed by atoms with Crippen LogP contribution in [0.1, 0.15) is 20.8 Å². The highest BCUT2D eigenvalue weighted by Gasteiger charge is 2.25. The van der Waals surface area contributed by atoms with E-state index in [-0.39, 0.29) is 0 Å². The Morgan fingerprint density at radius 3 is 2.77 bits per heavy atom. The highest BCUT2D eigenvalue weighted by atomic mass is 32.2. The van der Waals surface area contributed by atoms with Crippen LogP contribution in [-0.2, 0) is 0 Å². The fourth-order valence-corrected chi connectivity index (χ4v) is 1.97. The zero-order valence-corrected chi connectivity index (χ0v) is 10.1. The van der Waals surface area contributed by atoms with Gasteiger partial charge in [0, 0.05) is 37.0 Å². The van der Waals surface area contributed by atoms with E-state index >= 15 is 0 Å². The Balaban J connectivity index is 2.42. The molecule has 1 rings (SSSR count). The molecule has 1 saturated heterocycles. The molecule has 1 fully saturated rings. The molecule has 0 amide bonds. The largest absolute Gasteiger partial charge is 0.314 e. The Hall–Kier alpha value is 0.270. The lowest BCUT2D eigenvalue weighted by atomic mass is 10.1. The fraction of sp³-hybridized carbons (Fsp3) is 1.00. The van der Waals surface area contributed by atoms with Gasteiger partial charge in [-0.1, -0.05) is 0 Å². The van der Waals surface area contributed by atoms with Crippen molar-refractivity contribution in [1.82, 2.24) is 10.2 Å². The van der Waals surface area contributed by atoms with Crippen molar-refractivity contribution in [2.45, 2.75) is 31.6 Å². The Bertz CT molecular complexity index is 159. The molecule has 0 aliphatic carbocycles. The molecule has 1 aliphatic heterocycles. The smallest absolute Gasteiger partial charge is 0.0228 e. The number of thioether (sulfide) groups is 1. The molecule has 0 bridgehead atoms. The molecule has 0 saturated carbocycles. The van der Waals surface area contributed by atoms with Crippen molar-refractivity contribution < 1.29 is 0 Å². The lowest BCUT2D eigenvalue weighted by Crippen LogP contribution is -2.53. The van der Waals surface area contributed by atoms with Crippen LogP contribution in [-0.4, -0.2) is 48.1 Å². The van der Waals surface area contributed by atoms with Gasteiger partial charge in [0.1, 0.15) is 0 Å². The molecule has 13 heavy (non-hydrogen) atoms. The number of piperazine rings is 1. The van der Waals surface area contributed by atoms with Crippen molar-refractivity contribution in [2.75, 3.05) is 32.4 Å². The lowest BCUT2D eigenvalue weighted by molar-refractivity contribution is 0.163. The van der Waals surface area contributed by atoms with Crippen LogP contribution >= 0.6 is 11.8 Å². The number of nitrogens with zero attached hydrogens (tertiary/aromatic N) is 1. The van der Waals surface area contributed by atoms with Crippen molar-refractivity contribution in [3.05, 3.63) is 0 Å². The molecule has 1 aliphatic rings. The summed E-state index contributed by atoms with van der Waals surface area (Å²) in [6.45, 7) is 11.7. The zero-order chi connectivity index (χ0) is 9.90. The molecule has 78 valence electrons.